The van der Waals surface area contributed by atoms with E-state index in [1.165, 1.54) is 57.8 Å². The van der Waals surface area contributed by atoms with Crippen molar-refractivity contribution in [3.05, 3.63) is 35.8 Å². The number of aliphatic hydroxyl groups is 1. The molecule has 2 rings (SSSR count). The largest absolute Gasteiger partial charge is 0.504 e. The standard InChI is InChI=1S/C21H30N2O2S2/c1-2-3-4-5-6-7-8-9-10-13-16-26-21-23-18(20(25)27-21)19(24)17-14-11-12-15-22-17/h11-12,14-15,24H,2-10,13,16H2,1H3/b19-18+. The molecule has 4 nitrogen and oxygen atoms in total. The van der Waals surface area contributed by atoms with Gasteiger partial charge in [-0.3, -0.25) is 9.78 Å². The van der Waals surface area contributed by atoms with Crippen molar-refractivity contribution >= 4 is 38.8 Å². The van der Waals surface area contributed by atoms with E-state index in [-0.39, 0.29) is 16.6 Å². The maximum absolute atomic E-state index is 12.1. The van der Waals surface area contributed by atoms with Gasteiger partial charge in [0, 0.05) is 11.9 Å². The number of nitrogens with zero attached hydrogens (tertiary/aromatic N) is 2. The van der Waals surface area contributed by atoms with Gasteiger partial charge in [0.1, 0.15) is 10.1 Å². The summed E-state index contributed by atoms with van der Waals surface area (Å²) in [7, 11) is 0. The Balaban J connectivity index is 1.62. The zero-order valence-corrected chi connectivity index (χ0v) is 17.8. The van der Waals surface area contributed by atoms with E-state index in [4.69, 9.17) is 0 Å². The Morgan fingerprint density at radius 2 is 1.70 bits per heavy atom. The van der Waals surface area contributed by atoms with Gasteiger partial charge in [-0.05, 0) is 30.3 Å². The van der Waals surface area contributed by atoms with E-state index in [1.54, 1.807) is 36.2 Å². The molecule has 0 atom stereocenters. The fraction of sp³-hybridized carbons (Fsp3) is 0.571. The molecule has 1 aromatic rings. The van der Waals surface area contributed by atoms with Gasteiger partial charge in [0.15, 0.2) is 11.5 Å². The number of aliphatic imine (C=N–C) groups is 1. The smallest absolute Gasteiger partial charge is 0.248 e. The van der Waals surface area contributed by atoms with Crippen molar-refractivity contribution < 1.29 is 9.90 Å². The van der Waals surface area contributed by atoms with E-state index in [9.17, 15) is 9.90 Å². The van der Waals surface area contributed by atoms with Crippen LogP contribution in [0.15, 0.2) is 35.1 Å². The number of thioether (sulfide) groups is 2. The second-order valence-electron chi connectivity index (χ2n) is 6.71. The number of aliphatic hydroxyl groups excluding tert-OH is 1. The molecule has 0 unspecified atom stereocenters. The lowest BCUT2D eigenvalue weighted by Crippen LogP contribution is -1.96. The Morgan fingerprint density at radius 3 is 2.33 bits per heavy atom. The maximum Gasteiger partial charge on any atom is 0.248 e. The maximum atomic E-state index is 12.1. The molecule has 1 N–H and O–H groups in total. The first kappa shape index (κ1) is 22.0. The van der Waals surface area contributed by atoms with E-state index < -0.39 is 0 Å². The van der Waals surface area contributed by atoms with Crippen LogP contribution in [-0.2, 0) is 4.79 Å². The van der Waals surface area contributed by atoms with Crippen molar-refractivity contribution in [3.8, 4) is 0 Å². The van der Waals surface area contributed by atoms with Crippen LogP contribution in [0, 0.1) is 0 Å². The number of pyridine rings is 1. The normalized spacial score (nSPS) is 15.9. The van der Waals surface area contributed by atoms with Crippen LogP contribution in [0.3, 0.4) is 0 Å². The molecule has 0 spiro atoms. The first-order chi connectivity index (χ1) is 13.2. The molecule has 0 bridgehead atoms. The van der Waals surface area contributed by atoms with Gasteiger partial charge in [0.25, 0.3) is 0 Å². The van der Waals surface area contributed by atoms with Crippen molar-refractivity contribution in [2.24, 2.45) is 4.99 Å². The average Bonchev–Trinajstić information content (AvgIpc) is 3.06. The number of hydrogen-bond acceptors (Lipinski definition) is 6. The molecule has 0 aliphatic carbocycles. The van der Waals surface area contributed by atoms with Gasteiger partial charge >= 0.3 is 0 Å². The van der Waals surface area contributed by atoms with E-state index in [1.807, 2.05) is 0 Å². The fourth-order valence-electron chi connectivity index (χ4n) is 2.87. The highest BCUT2D eigenvalue weighted by Gasteiger charge is 2.26. The van der Waals surface area contributed by atoms with Gasteiger partial charge in [-0.15, -0.1) is 0 Å². The van der Waals surface area contributed by atoms with Gasteiger partial charge in [-0.2, -0.15) is 0 Å². The molecule has 2 heterocycles. The van der Waals surface area contributed by atoms with E-state index >= 15 is 0 Å². The van der Waals surface area contributed by atoms with Crippen LogP contribution in [-0.4, -0.2) is 25.3 Å². The molecule has 1 aromatic heterocycles. The summed E-state index contributed by atoms with van der Waals surface area (Å²) in [5.41, 5.74) is 0.496. The van der Waals surface area contributed by atoms with Crippen LogP contribution >= 0.6 is 23.5 Å². The van der Waals surface area contributed by atoms with Gasteiger partial charge in [-0.25, -0.2) is 4.99 Å². The molecular formula is C21H30N2O2S2. The molecular weight excluding hydrogens is 376 g/mol. The minimum absolute atomic E-state index is 0.115. The van der Waals surface area contributed by atoms with Crippen molar-refractivity contribution in [3.63, 3.8) is 0 Å². The zero-order chi connectivity index (χ0) is 19.3. The van der Waals surface area contributed by atoms with Crippen molar-refractivity contribution in [2.75, 3.05) is 5.75 Å². The number of unbranched alkanes of at least 4 members (excludes halogenated alkanes) is 9. The summed E-state index contributed by atoms with van der Waals surface area (Å²) >= 11 is 2.71. The van der Waals surface area contributed by atoms with E-state index in [0.29, 0.717) is 5.69 Å². The second-order valence-corrected chi connectivity index (χ2v) is 9.01. The predicted molar refractivity (Wildman–Crippen MR) is 118 cm³/mol. The summed E-state index contributed by atoms with van der Waals surface area (Å²) < 4.78 is 0.730. The molecule has 1 aliphatic rings. The molecule has 1 aliphatic heterocycles. The Morgan fingerprint density at radius 1 is 1.04 bits per heavy atom. The molecule has 148 valence electrons. The van der Waals surface area contributed by atoms with Crippen LogP contribution < -0.4 is 0 Å². The number of carbonyl (C=O) groups excluding carboxylic acids is 1. The number of carbonyl (C=O) groups is 1. The molecule has 0 aromatic carbocycles. The topological polar surface area (TPSA) is 62.6 Å². The van der Waals surface area contributed by atoms with Crippen LogP contribution in [0.1, 0.15) is 76.8 Å². The van der Waals surface area contributed by atoms with Gasteiger partial charge in [0.05, 0.1) is 0 Å². The Kier molecular flexibility index (Phi) is 10.6. The highest BCUT2D eigenvalue weighted by atomic mass is 32.2. The molecule has 0 radical (unpaired) electrons. The lowest BCUT2D eigenvalue weighted by Gasteiger charge is -2.02. The van der Waals surface area contributed by atoms with Crippen molar-refractivity contribution in [2.45, 2.75) is 71.1 Å². The summed E-state index contributed by atoms with van der Waals surface area (Å²) in [6, 6.07) is 5.21. The first-order valence-corrected chi connectivity index (χ1v) is 11.8. The van der Waals surface area contributed by atoms with Gasteiger partial charge in [0.2, 0.25) is 5.12 Å². The summed E-state index contributed by atoms with van der Waals surface area (Å²) in [6.07, 6.45) is 14.8. The molecule has 6 heteroatoms. The summed E-state index contributed by atoms with van der Waals surface area (Å²) in [4.78, 5) is 20.5. The third-order valence-electron chi connectivity index (χ3n) is 4.43. The minimum Gasteiger partial charge on any atom is -0.504 e. The van der Waals surface area contributed by atoms with Gasteiger partial charge in [-0.1, -0.05) is 82.5 Å². The third-order valence-corrected chi connectivity index (χ3v) is 6.51. The van der Waals surface area contributed by atoms with Crippen molar-refractivity contribution in [1.82, 2.24) is 4.98 Å². The number of aromatic nitrogens is 1. The summed E-state index contributed by atoms with van der Waals surface area (Å²) in [6.45, 7) is 2.25. The second kappa shape index (κ2) is 13.0. The summed E-state index contributed by atoms with van der Waals surface area (Å²) in [5, 5.41) is 10.0. The Bertz CT molecular complexity index is 645. The SMILES string of the molecule is CCCCCCCCCCCCSC1=N/C(=C(/O)c2ccccn2)C(=O)S1. The first-order valence-electron chi connectivity index (χ1n) is 10.0. The van der Waals surface area contributed by atoms with E-state index in [0.717, 1.165) is 28.3 Å². The monoisotopic (exact) mass is 406 g/mol. The lowest BCUT2D eigenvalue weighted by molar-refractivity contribution is -0.107. The lowest BCUT2D eigenvalue weighted by atomic mass is 10.1. The molecule has 27 heavy (non-hydrogen) atoms. The highest BCUT2D eigenvalue weighted by molar-refractivity contribution is 8.45. The van der Waals surface area contributed by atoms with Crippen LogP contribution in [0.5, 0.6) is 0 Å². The van der Waals surface area contributed by atoms with Crippen LogP contribution in [0.4, 0.5) is 0 Å². The molecule has 0 saturated carbocycles. The Hall–Kier alpha value is -1.27. The molecule has 0 saturated heterocycles. The predicted octanol–water partition coefficient (Wildman–Crippen LogP) is 6.59. The molecule has 0 amide bonds. The quantitative estimate of drug-likeness (QED) is 0.241. The van der Waals surface area contributed by atoms with E-state index in [2.05, 4.69) is 16.9 Å². The Labute approximate surface area is 171 Å². The van der Waals surface area contributed by atoms with Crippen LogP contribution in [0.2, 0.25) is 0 Å². The molecule has 0 fully saturated rings. The summed E-state index contributed by atoms with van der Waals surface area (Å²) in [5.74, 6) is 0.829. The number of rotatable bonds is 12. The number of hydrogen-bond donors (Lipinski definition) is 1. The highest BCUT2D eigenvalue weighted by Crippen LogP contribution is 2.33. The zero-order valence-electron chi connectivity index (χ0n) is 16.2. The van der Waals surface area contributed by atoms with Gasteiger partial charge < -0.3 is 5.11 Å². The van der Waals surface area contributed by atoms with Crippen LogP contribution in [0.25, 0.3) is 5.76 Å². The van der Waals surface area contributed by atoms with Crippen molar-refractivity contribution in [1.29, 1.82) is 0 Å². The minimum atomic E-state index is -0.205. The average molecular weight is 407 g/mol. The third kappa shape index (κ3) is 8.09. The fourth-order valence-corrected chi connectivity index (χ4v) is 4.80.